The highest BCUT2D eigenvalue weighted by atomic mass is 16.7. The summed E-state index contributed by atoms with van der Waals surface area (Å²) < 4.78 is 16.8. The van der Waals surface area contributed by atoms with Gasteiger partial charge in [-0.25, -0.2) is 4.79 Å². The van der Waals surface area contributed by atoms with Gasteiger partial charge in [0.15, 0.2) is 0 Å². The number of esters is 1. The molecule has 2 N–H and O–H groups in total. The zero-order valence-corrected chi connectivity index (χ0v) is 35.8. The molecule has 0 aromatic carbocycles. The number of rotatable bonds is 42. The molecule has 10 heteroatoms. The van der Waals surface area contributed by atoms with Gasteiger partial charge in [-0.15, -0.1) is 0 Å². The summed E-state index contributed by atoms with van der Waals surface area (Å²) in [7, 11) is 0. The summed E-state index contributed by atoms with van der Waals surface area (Å²) in [4.78, 5) is 49.2. The van der Waals surface area contributed by atoms with E-state index >= 15 is 0 Å². The fourth-order valence-electron chi connectivity index (χ4n) is 7.24. The third kappa shape index (κ3) is 38.3. The monoisotopic (exact) mass is 784 g/mol. The minimum Gasteiger partial charge on any atom is -0.481 e. The minimum absolute atomic E-state index is 0.196. The van der Waals surface area contributed by atoms with Crippen molar-refractivity contribution in [1.82, 2.24) is 4.90 Å². The Balaban J connectivity index is 4.78. The molecule has 0 amide bonds. The number of carbonyl (C=O) groups is 4. The largest absolute Gasteiger partial charge is 0.508 e. The van der Waals surface area contributed by atoms with Crippen molar-refractivity contribution in [2.45, 2.75) is 226 Å². The second kappa shape index (κ2) is 39.9. The Kier molecular flexibility index (Phi) is 38.1. The lowest BCUT2D eigenvalue weighted by Crippen LogP contribution is -2.26. The van der Waals surface area contributed by atoms with Crippen LogP contribution in [0.25, 0.3) is 0 Å². The summed E-state index contributed by atoms with van der Waals surface area (Å²) >= 11 is 0. The molecule has 0 aromatic heterocycles. The Bertz CT molecular complexity index is 881. The summed E-state index contributed by atoms with van der Waals surface area (Å²) in [5.41, 5.74) is 0. The molecule has 55 heavy (non-hydrogen) atoms. The van der Waals surface area contributed by atoms with Crippen molar-refractivity contribution in [1.29, 1.82) is 0 Å². The van der Waals surface area contributed by atoms with Crippen LogP contribution < -0.4 is 0 Å². The molecule has 324 valence electrons. The Labute approximate surface area is 336 Å². The van der Waals surface area contributed by atoms with E-state index in [0.29, 0.717) is 25.4 Å². The van der Waals surface area contributed by atoms with Crippen molar-refractivity contribution in [2.24, 2.45) is 5.92 Å². The van der Waals surface area contributed by atoms with Gasteiger partial charge in [-0.3, -0.25) is 14.4 Å². The zero-order chi connectivity index (χ0) is 40.6. The molecule has 0 aliphatic heterocycles. The van der Waals surface area contributed by atoms with E-state index in [9.17, 15) is 19.2 Å². The molecule has 0 bridgehead atoms. The number of unbranched alkanes of at least 4 members (excludes halogenated alkanes) is 19. The van der Waals surface area contributed by atoms with E-state index < -0.39 is 18.1 Å². The third-order valence-corrected chi connectivity index (χ3v) is 10.8. The molecule has 0 fully saturated rings. The number of hydrogen-bond acceptors (Lipinski definition) is 8. The Morgan fingerprint density at radius 2 is 0.927 bits per heavy atom. The standard InChI is InChI=1S/C45H85NO9/c1-4-7-8-9-10-11-12-13-20-25-31-41(55-45(52)54-38-28-37-46(5-2)6-3)36-39-53-44(51)35-34-40(29-23-18-14-16-21-26-32-42(47)48)30-24-19-15-17-22-27-33-43(49)50/h40-41H,4-39H2,1-3H3,(H,47,48)(H,49,50). The predicted octanol–water partition coefficient (Wildman–Crippen LogP) is 12.3. The van der Waals surface area contributed by atoms with Crippen LogP contribution in [0, 0.1) is 5.92 Å². The molecule has 1 unspecified atom stereocenters. The van der Waals surface area contributed by atoms with Gasteiger partial charge in [0.1, 0.15) is 6.10 Å². The highest BCUT2D eigenvalue weighted by Crippen LogP contribution is 2.24. The first-order chi connectivity index (χ1) is 26.7. The Morgan fingerprint density at radius 1 is 0.473 bits per heavy atom. The molecule has 0 aliphatic rings. The van der Waals surface area contributed by atoms with E-state index in [2.05, 4.69) is 25.7 Å². The number of carboxylic acids is 2. The van der Waals surface area contributed by atoms with Gasteiger partial charge in [-0.1, -0.05) is 156 Å². The highest BCUT2D eigenvalue weighted by Gasteiger charge is 2.18. The van der Waals surface area contributed by atoms with Crippen LogP contribution >= 0.6 is 0 Å². The summed E-state index contributed by atoms with van der Waals surface area (Å²) in [5, 5.41) is 17.7. The Hall–Kier alpha value is -2.36. The fraction of sp³-hybridized carbons (Fsp3) is 0.911. The summed E-state index contributed by atoms with van der Waals surface area (Å²) in [5.74, 6) is -1.19. The van der Waals surface area contributed by atoms with Gasteiger partial charge < -0.3 is 29.3 Å². The van der Waals surface area contributed by atoms with E-state index in [4.69, 9.17) is 24.4 Å². The molecule has 0 heterocycles. The lowest BCUT2D eigenvalue weighted by molar-refractivity contribution is -0.145. The van der Waals surface area contributed by atoms with Gasteiger partial charge in [0.05, 0.1) is 13.2 Å². The van der Waals surface area contributed by atoms with Crippen LogP contribution in [-0.2, 0) is 28.6 Å². The van der Waals surface area contributed by atoms with Gasteiger partial charge in [0.25, 0.3) is 0 Å². The van der Waals surface area contributed by atoms with E-state index in [1.807, 2.05) is 0 Å². The first-order valence-electron chi connectivity index (χ1n) is 22.9. The lowest BCUT2D eigenvalue weighted by atomic mass is 9.90. The maximum Gasteiger partial charge on any atom is 0.508 e. The average molecular weight is 784 g/mol. The van der Waals surface area contributed by atoms with Crippen LogP contribution in [0.5, 0.6) is 0 Å². The van der Waals surface area contributed by atoms with E-state index in [1.165, 1.54) is 51.4 Å². The van der Waals surface area contributed by atoms with Crippen LogP contribution in [0.15, 0.2) is 0 Å². The summed E-state index contributed by atoms with van der Waals surface area (Å²) in [6, 6.07) is 0. The second-order valence-corrected chi connectivity index (χ2v) is 15.7. The molecule has 0 radical (unpaired) electrons. The van der Waals surface area contributed by atoms with Crippen LogP contribution in [-0.4, -0.2) is 78.1 Å². The van der Waals surface area contributed by atoms with Crippen molar-refractivity contribution in [3.8, 4) is 0 Å². The topological polar surface area (TPSA) is 140 Å². The number of hydrogen-bond donors (Lipinski definition) is 2. The van der Waals surface area contributed by atoms with Gasteiger partial charge >= 0.3 is 24.1 Å². The van der Waals surface area contributed by atoms with Crippen molar-refractivity contribution in [3.05, 3.63) is 0 Å². The lowest BCUT2D eigenvalue weighted by Gasteiger charge is -2.19. The van der Waals surface area contributed by atoms with Gasteiger partial charge in [-0.05, 0) is 57.5 Å². The van der Waals surface area contributed by atoms with Crippen molar-refractivity contribution < 1.29 is 43.6 Å². The van der Waals surface area contributed by atoms with Gasteiger partial charge in [-0.2, -0.15) is 0 Å². The molecule has 0 aliphatic carbocycles. The maximum atomic E-state index is 12.9. The van der Waals surface area contributed by atoms with Gasteiger partial charge in [0.2, 0.25) is 0 Å². The molecule has 0 aromatic rings. The first-order valence-corrected chi connectivity index (χ1v) is 22.9. The molecule has 0 saturated heterocycles. The van der Waals surface area contributed by atoms with Crippen LogP contribution in [0.2, 0.25) is 0 Å². The van der Waals surface area contributed by atoms with E-state index in [-0.39, 0.29) is 31.5 Å². The van der Waals surface area contributed by atoms with Crippen molar-refractivity contribution >= 4 is 24.1 Å². The fourth-order valence-corrected chi connectivity index (χ4v) is 7.24. The molecule has 1 atom stereocenters. The van der Waals surface area contributed by atoms with Crippen LogP contribution in [0.3, 0.4) is 0 Å². The second-order valence-electron chi connectivity index (χ2n) is 15.7. The normalized spacial score (nSPS) is 11.9. The van der Waals surface area contributed by atoms with Crippen LogP contribution in [0.4, 0.5) is 4.79 Å². The molecule has 0 rings (SSSR count). The quantitative estimate of drug-likeness (QED) is 0.0454. The smallest absolute Gasteiger partial charge is 0.481 e. The third-order valence-electron chi connectivity index (χ3n) is 10.8. The molecule has 0 saturated carbocycles. The molecular weight excluding hydrogens is 698 g/mol. The van der Waals surface area contributed by atoms with E-state index in [1.54, 1.807) is 0 Å². The number of ether oxygens (including phenoxy) is 3. The molecule has 10 nitrogen and oxygen atoms in total. The number of carbonyl (C=O) groups excluding carboxylic acids is 2. The van der Waals surface area contributed by atoms with Crippen LogP contribution in [0.1, 0.15) is 220 Å². The maximum absolute atomic E-state index is 12.9. The van der Waals surface area contributed by atoms with Gasteiger partial charge in [0, 0.05) is 32.2 Å². The number of nitrogens with zero attached hydrogens (tertiary/aromatic N) is 1. The SMILES string of the molecule is CCCCCCCCCCCCC(CCOC(=O)CCC(CCCCCCCCC(=O)O)CCCCCCCCC(=O)O)OC(=O)OCCCN(CC)CC. The first kappa shape index (κ1) is 52.6. The van der Waals surface area contributed by atoms with Crippen molar-refractivity contribution in [2.75, 3.05) is 32.8 Å². The predicted molar refractivity (Wildman–Crippen MR) is 223 cm³/mol. The zero-order valence-electron chi connectivity index (χ0n) is 35.8. The number of aliphatic carboxylic acids is 2. The summed E-state index contributed by atoms with van der Waals surface area (Å²) in [6.45, 7) is 9.88. The number of carboxylic acid groups (broad SMARTS) is 2. The summed E-state index contributed by atoms with van der Waals surface area (Å²) in [6.07, 6.45) is 29.4. The highest BCUT2D eigenvalue weighted by molar-refractivity contribution is 5.69. The van der Waals surface area contributed by atoms with E-state index in [0.717, 1.165) is 142 Å². The van der Waals surface area contributed by atoms with Crippen molar-refractivity contribution in [3.63, 3.8) is 0 Å². The molecular formula is C45H85NO9. The Morgan fingerprint density at radius 3 is 1.40 bits per heavy atom. The minimum atomic E-state index is -0.726. The average Bonchev–Trinajstić information content (AvgIpc) is 3.15. The molecule has 0 spiro atoms.